The van der Waals surface area contributed by atoms with Gasteiger partial charge in [-0.3, -0.25) is 4.79 Å². The molecule has 65 heavy (non-hydrogen) atoms. The smallest absolute Gasteiger partial charge is 0.460 e. The van der Waals surface area contributed by atoms with Crippen LogP contribution in [0.3, 0.4) is 0 Å². The second-order valence-corrected chi connectivity index (χ2v) is 16.2. The minimum absolute atomic E-state index is 0.203. The number of anilines is 1. The molecule has 6 nitrogen and oxygen atoms in total. The van der Waals surface area contributed by atoms with E-state index in [9.17, 15) is 44.3 Å². The molecule has 0 bridgehead atoms. The SMILES string of the molecule is COc1cc2c(cc1OC)C1OCC(c3ccccc3)(c3ccc(N4CCCC4)cc3)C=C1C=C2c1ccc(-c2ccc(OC(=O)CCC(F)(F)C(F)(F)C(F)(F)C(F)(F)F)cc2)cc1. The molecule has 0 amide bonds. The van der Waals surface area contributed by atoms with Gasteiger partial charge in [-0.05, 0) is 105 Å². The lowest BCUT2D eigenvalue weighted by molar-refractivity contribution is -0.396. The van der Waals surface area contributed by atoms with Crippen molar-refractivity contribution in [3.8, 4) is 28.4 Å². The molecule has 3 aliphatic rings. The summed E-state index contributed by atoms with van der Waals surface area (Å²) in [4.78, 5) is 14.6. The predicted molar refractivity (Wildman–Crippen MR) is 226 cm³/mol. The Kier molecular flexibility index (Phi) is 12.1. The van der Waals surface area contributed by atoms with E-state index >= 15 is 0 Å². The van der Waals surface area contributed by atoms with Crippen LogP contribution in [0, 0.1) is 0 Å². The van der Waals surface area contributed by atoms with Crippen molar-refractivity contribution < 1.29 is 63.3 Å². The number of hydrogen-bond donors (Lipinski definition) is 0. The monoisotopic (exact) mass is 907 g/mol. The highest BCUT2D eigenvalue weighted by Gasteiger charge is 2.81. The van der Waals surface area contributed by atoms with Crippen LogP contribution in [-0.2, 0) is 14.9 Å². The van der Waals surface area contributed by atoms with Gasteiger partial charge in [-0.25, -0.2) is 0 Å². The van der Waals surface area contributed by atoms with Gasteiger partial charge in [0.05, 0.1) is 32.7 Å². The van der Waals surface area contributed by atoms with Gasteiger partial charge in [0.15, 0.2) is 11.5 Å². The first-order valence-corrected chi connectivity index (χ1v) is 20.7. The second-order valence-electron chi connectivity index (χ2n) is 16.2. The minimum atomic E-state index is -7.04. The molecule has 2 unspecified atom stereocenters. The third kappa shape index (κ3) is 8.34. The summed E-state index contributed by atoms with van der Waals surface area (Å²) in [6.07, 6.45) is -4.48. The molecule has 0 N–H and O–H groups in total. The Morgan fingerprint density at radius 2 is 1.28 bits per heavy atom. The van der Waals surface area contributed by atoms with Crippen molar-refractivity contribution in [2.24, 2.45) is 0 Å². The summed E-state index contributed by atoms with van der Waals surface area (Å²) >= 11 is 0. The van der Waals surface area contributed by atoms with E-state index in [1.807, 2.05) is 54.6 Å². The molecule has 1 saturated heterocycles. The van der Waals surface area contributed by atoms with Crippen LogP contribution >= 0.6 is 0 Å². The maximum atomic E-state index is 14.0. The Labute approximate surface area is 368 Å². The molecule has 5 aromatic rings. The topological polar surface area (TPSA) is 57.2 Å². The summed E-state index contributed by atoms with van der Waals surface area (Å²) in [5.74, 6) is -20.4. The zero-order valence-electron chi connectivity index (χ0n) is 35.0. The van der Waals surface area contributed by atoms with E-state index in [0.29, 0.717) is 23.7 Å². The molecule has 1 aliphatic carbocycles. The molecule has 5 aromatic carbocycles. The quantitative estimate of drug-likeness (QED) is 0.0666. The number of benzene rings is 5. The summed E-state index contributed by atoms with van der Waals surface area (Å²) in [6.45, 7) is 2.44. The van der Waals surface area contributed by atoms with Gasteiger partial charge in [0.2, 0.25) is 0 Å². The number of rotatable bonds is 13. The Morgan fingerprint density at radius 1 is 0.708 bits per heavy atom. The summed E-state index contributed by atoms with van der Waals surface area (Å²) in [5, 5.41) is 0. The van der Waals surface area contributed by atoms with Gasteiger partial charge < -0.3 is 23.8 Å². The van der Waals surface area contributed by atoms with Crippen molar-refractivity contribution in [2.75, 3.05) is 38.8 Å². The van der Waals surface area contributed by atoms with Crippen LogP contribution in [0.1, 0.15) is 59.6 Å². The number of ether oxygens (including phenoxy) is 4. The first-order valence-electron chi connectivity index (χ1n) is 20.7. The highest BCUT2D eigenvalue weighted by Crippen LogP contribution is 2.55. The number of alkyl halides is 9. The summed E-state index contributed by atoms with van der Waals surface area (Å²) in [6, 6.07) is 36.1. The average Bonchev–Trinajstić information content (AvgIpc) is 3.86. The van der Waals surface area contributed by atoms with Crippen LogP contribution in [0.5, 0.6) is 17.2 Å². The number of carbonyl (C=O) groups excluding carboxylic acids is 1. The number of nitrogens with zero attached hydrogens (tertiary/aromatic N) is 1. The summed E-state index contributed by atoms with van der Waals surface area (Å²) in [5.41, 5.74) is 8.56. The van der Waals surface area contributed by atoms with Crippen LogP contribution in [0.2, 0.25) is 0 Å². The van der Waals surface area contributed by atoms with Crippen LogP contribution in [0.4, 0.5) is 45.2 Å². The molecule has 2 atom stereocenters. The van der Waals surface area contributed by atoms with E-state index in [1.54, 1.807) is 14.2 Å². The molecule has 0 saturated carbocycles. The number of halogens is 9. The Bertz CT molecular complexity index is 2590. The molecule has 0 spiro atoms. The van der Waals surface area contributed by atoms with Gasteiger partial charge in [0.1, 0.15) is 11.9 Å². The lowest BCUT2D eigenvalue weighted by Crippen LogP contribution is -2.60. The molecule has 2 heterocycles. The molecule has 0 aromatic heterocycles. The number of esters is 1. The lowest BCUT2D eigenvalue weighted by atomic mass is 9.70. The minimum Gasteiger partial charge on any atom is -0.493 e. The predicted octanol–water partition coefficient (Wildman–Crippen LogP) is 12.6. The molecule has 8 rings (SSSR count). The maximum Gasteiger partial charge on any atom is 0.460 e. The van der Waals surface area contributed by atoms with Crippen molar-refractivity contribution in [3.05, 3.63) is 161 Å². The first kappa shape index (κ1) is 45.4. The first-order chi connectivity index (χ1) is 30.9. The lowest BCUT2D eigenvalue weighted by Gasteiger charge is -2.41. The molecule has 15 heteroatoms. The summed E-state index contributed by atoms with van der Waals surface area (Å²) in [7, 11) is 3.14. The van der Waals surface area contributed by atoms with Gasteiger partial charge in [-0.15, -0.1) is 0 Å². The zero-order valence-corrected chi connectivity index (χ0v) is 35.0. The van der Waals surface area contributed by atoms with E-state index < -0.39 is 54.3 Å². The molecular weight excluding hydrogens is 866 g/mol. The van der Waals surface area contributed by atoms with Crippen LogP contribution in [0.25, 0.3) is 16.7 Å². The van der Waals surface area contributed by atoms with Crippen LogP contribution in [0.15, 0.2) is 133 Å². The molecule has 1 fully saturated rings. The van der Waals surface area contributed by atoms with Gasteiger partial charge >= 0.3 is 29.9 Å². The highest BCUT2D eigenvalue weighted by atomic mass is 19.4. The summed E-state index contributed by atoms with van der Waals surface area (Å²) < 4.78 is 142. The Morgan fingerprint density at radius 3 is 1.88 bits per heavy atom. The largest absolute Gasteiger partial charge is 0.493 e. The maximum absolute atomic E-state index is 14.0. The third-order valence-electron chi connectivity index (χ3n) is 12.2. The molecular formula is C50H42F9NO5. The normalized spacial score (nSPS) is 18.9. The molecule has 0 radical (unpaired) electrons. The van der Waals surface area contributed by atoms with Crippen LogP contribution < -0.4 is 19.1 Å². The number of hydrogen-bond acceptors (Lipinski definition) is 6. The number of fused-ring (bicyclic) bond motifs is 3. The van der Waals surface area contributed by atoms with Crippen molar-refractivity contribution in [1.82, 2.24) is 0 Å². The fourth-order valence-electron chi connectivity index (χ4n) is 8.67. The third-order valence-corrected chi connectivity index (χ3v) is 12.2. The van der Waals surface area contributed by atoms with E-state index in [0.717, 1.165) is 57.6 Å². The van der Waals surface area contributed by atoms with Crippen molar-refractivity contribution in [1.29, 1.82) is 0 Å². The Balaban J connectivity index is 1.07. The zero-order chi connectivity index (χ0) is 46.4. The van der Waals surface area contributed by atoms with Gasteiger partial charge in [-0.1, -0.05) is 84.9 Å². The average molecular weight is 908 g/mol. The van der Waals surface area contributed by atoms with Crippen molar-refractivity contribution >= 4 is 17.2 Å². The van der Waals surface area contributed by atoms with Gasteiger partial charge in [0, 0.05) is 25.2 Å². The van der Waals surface area contributed by atoms with Gasteiger partial charge in [-0.2, -0.15) is 39.5 Å². The Hall–Kier alpha value is -6.22. The van der Waals surface area contributed by atoms with E-state index in [-0.39, 0.29) is 5.75 Å². The second kappa shape index (κ2) is 17.3. The van der Waals surface area contributed by atoms with Crippen molar-refractivity contribution in [3.63, 3.8) is 0 Å². The van der Waals surface area contributed by atoms with E-state index in [4.69, 9.17) is 18.9 Å². The number of carbonyl (C=O) groups is 1. The number of methoxy groups -OCH3 is 2. The van der Waals surface area contributed by atoms with Crippen molar-refractivity contribution in [2.45, 2.75) is 61.1 Å². The van der Waals surface area contributed by atoms with Crippen LogP contribution in [-0.4, -0.2) is 63.8 Å². The van der Waals surface area contributed by atoms with E-state index in [2.05, 4.69) is 53.5 Å². The van der Waals surface area contributed by atoms with E-state index in [1.165, 1.54) is 42.8 Å². The standard InChI is InChI=1S/C50H42F9NO5/c1-62-42-27-40-39(33-12-10-31(11-13-33)32-14-20-38(21-15-32)65-44(61)22-23-47(51,52)48(53,54)49(55,56)50(57,58)59)26-34-29-46(35-8-4-3-5-9-35,30-64-45(34)41(40)28-43(42)63-2)36-16-18-37(19-17-36)60-24-6-7-25-60/h3-5,8-21,26-29,45H,6-7,22-25,30H2,1-2H3. The fourth-order valence-corrected chi connectivity index (χ4v) is 8.67. The van der Waals surface area contributed by atoms with Gasteiger partial charge in [0.25, 0.3) is 0 Å². The highest BCUT2D eigenvalue weighted by molar-refractivity contribution is 5.88. The molecule has 2 aliphatic heterocycles. The molecule has 340 valence electrons. The fraction of sp³-hybridized carbons (Fsp3) is 0.300.